The summed E-state index contributed by atoms with van der Waals surface area (Å²) >= 11 is 3.18. The summed E-state index contributed by atoms with van der Waals surface area (Å²) in [6.45, 7) is 2.08. The monoisotopic (exact) mass is 274 g/mol. The second-order valence-electron chi connectivity index (χ2n) is 3.23. The molecule has 0 bridgehead atoms. The van der Waals surface area contributed by atoms with Gasteiger partial charge in [-0.2, -0.15) is 0 Å². The number of carbonyl (C=O) groups is 1. The number of hydrogen-bond donors (Lipinski definition) is 2. The fourth-order valence-corrected chi connectivity index (χ4v) is 1.39. The van der Waals surface area contributed by atoms with Gasteiger partial charge in [-0.25, -0.2) is 4.39 Å². The number of nitrogens with two attached hydrogens (primary N) is 1. The van der Waals surface area contributed by atoms with Crippen molar-refractivity contribution < 1.29 is 9.18 Å². The van der Waals surface area contributed by atoms with Crippen molar-refractivity contribution in [1.29, 1.82) is 0 Å². The largest absolute Gasteiger partial charge is 0.348 e. The van der Waals surface area contributed by atoms with Crippen molar-refractivity contribution in [3.05, 3.63) is 34.1 Å². The molecule has 0 spiro atoms. The molecule has 5 heteroatoms. The zero-order valence-corrected chi connectivity index (χ0v) is 9.84. The van der Waals surface area contributed by atoms with E-state index in [1.54, 1.807) is 13.0 Å². The van der Waals surface area contributed by atoms with Crippen LogP contribution in [0.5, 0.6) is 0 Å². The van der Waals surface area contributed by atoms with Crippen molar-refractivity contribution in [2.24, 2.45) is 5.73 Å². The van der Waals surface area contributed by atoms with Crippen LogP contribution in [0, 0.1) is 5.82 Å². The molecule has 1 atom stereocenters. The van der Waals surface area contributed by atoms with Crippen molar-refractivity contribution >= 4 is 21.8 Å². The van der Waals surface area contributed by atoms with Crippen LogP contribution in [-0.4, -0.2) is 18.5 Å². The summed E-state index contributed by atoms with van der Waals surface area (Å²) in [6, 6.07) is 4.05. The first kappa shape index (κ1) is 12.1. The Balaban J connectivity index is 2.86. The summed E-state index contributed by atoms with van der Waals surface area (Å²) < 4.78 is 13.9. The number of rotatable bonds is 3. The molecule has 0 aliphatic carbocycles. The van der Waals surface area contributed by atoms with Gasteiger partial charge < -0.3 is 11.1 Å². The summed E-state index contributed by atoms with van der Waals surface area (Å²) in [5, 5.41) is 2.59. The van der Waals surface area contributed by atoms with E-state index < -0.39 is 11.7 Å². The third kappa shape index (κ3) is 3.28. The van der Waals surface area contributed by atoms with E-state index in [0.29, 0.717) is 11.0 Å². The average Bonchev–Trinajstić information content (AvgIpc) is 2.21. The van der Waals surface area contributed by atoms with Crippen LogP contribution in [0.1, 0.15) is 17.3 Å². The quantitative estimate of drug-likeness (QED) is 0.881. The Labute approximate surface area is 96.0 Å². The van der Waals surface area contributed by atoms with Crippen LogP contribution in [-0.2, 0) is 0 Å². The zero-order chi connectivity index (χ0) is 11.4. The second-order valence-corrected chi connectivity index (χ2v) is 4.15. The fraction of sp³-hybridized carbons (Fsp3) is 0.300. The van der Waals surface area contributed by atoms with Crippen LogP contribution in [0.2, 0.25) is 0 Å². The predicted octanol–water partition coefficient (Wildman–Crippen LogP) is 1.67. The van der Waals surface area contributed by atoms with E-state index in [9.17, 15) is 9.18 Å². The first-order chi connectivity index (χ1) is 7.04. The Morgan fingerprint density at radius 1 is 1.67 bits per heavy atom. The molecule has 1 aromatic carbocycles. The third-order valence-corrected chi connectivity index (χ3v) is 2.40. The van der Waals surface area contributed by atoms with Gasteiger partial charge in [0.25, 0.3) is 5.91 Å². The Kier molecular flexibility index (Phi) is 4.23. The molecule has 0 aliphatic heterocycles. The summed E-state index contributed by atoms with van der Waals surface area (Å²) in [4.78, 5) is 11.6. The van der Waals surface area contributed by atoms with Crippen LogP contribution in [0.15, 0.2) is 22.7 Å². The average molecular weight is 275 g/mol. The van der Waals surface area contributed by atoms with Crippen molar-refractivity contribution in [2.45, 2.75) is 13.0 Å². The first-order valence-corrected chi connectivity index (χ1v) is 5.30. The molecule has 15 heavy (non-hydrogen) atoms. The van der Waals surface area contributed by atoms with Crippen LogP contribution >= 0.6 is 15.9 Å². The summed E-state index contributed by atoms with van der Waals surface area (Å²) in [5.41, 5.74) is 5.37. The molecule has 82 valence electrons. The molecule has 0 saturated carbocycles. The Morgan fingerprint density at radius 2 is 2.33 bits per heavy atom. The third-order valence-electron chi connectivity index (χ3n) is 1.90. The van der Waals surface area contributed by atoms with Crippen LogP contribution in [0.4, 0.5) is 4.39 Å². The van der Waals surface area contributed by atoms with Crippen molar-refractivity contribution in [2.75, 3.05) is 6.54 Å². The summed E-state index contributed by atoms with van der Waals surface area (Å²) in [6.07, 6.45) is 0. The maximum atomic E-state index is 13.3. The van der Waals surface area contributed by atoms with E-state index in [0.717, 1.165) is 0 Å². The molecule has 1 aromatic rings. The van der Waals surface area contributed by atoms with E-state index in [1.165, 1.54) is 12.1 Å². The number of amides is 1. The van der Waals surface area contributed by atoms with Gasteiger partial charge in [0, 0.05) is 17.1 Å². The number of carbonyl (C=O) groups excluding carboxylic acids is 1. The minimum atomic E-state index is -0.542. The lowest BCUT2D eigenvalue weighted by molar-refractivity contribution is 0.0937. The molecule has 0 fully saturated rings. The lowest BCUT2D eigenvalue weighted by atomic mass is 10.2. The molecule has 0 aromatic heterocycles. The number of halogens is 2. The van der Waals surface area contributed by atoms with Gasteiger partial charge in [0.05, 0.1) is 5.56 Å². The standard InChI is InChI=1S/C10H12BrFN2O/c1-6(5-13)14-10(15)8-4-7(11)2-3-9(8)12/h2-4,6H,5,13H2,1H3,(H,14,15)/t6-/m0/s1. The molecule has 3 N–H and O–H groups in total. The van der Waals surface area contributed by atoms with Gasteiger partial charge in [-0.05, 0) is 25.1 Å². The lowest BCUT2D eigenvalue weighted by Gasteiger charge is -2.11. The van der Waals surface area contributed by atoms with Gasteiger partial charge in [-0.3, -0.25) is 4.79 Å². The topological polar surface area (TPSA) is 55.1 Å². The normalized spacial score (nSPS) is 12.3. The highest BCUT2D eigenvalue weighted by Gasteiger charge is 2.13. The van der Waals surface area contributed by atoms with Crippen molar-refractivity contribution in [3.8, 4) is 0 Å². The molecule has 0 radical (unpaired) electrons. The van der Waals surface area contributed by atoms with E-state index in [1.807, 2.05) is 0 Å². The highest BCUT2D eigenvalue weighted by atomic mass is 79.9. The number of hydrogen-bond acceptors (Lipinski definition) is 2. The van der Waals surface area contributed by atoms with Crippen molar-refractivity contribution in [1.82, 2.24) is 5.32 Å². The molecule has 3 nitrogen and oxygen atoms in total. The fourth-order valence-electron chi connectivity index (χ4n) is 1.03. The Hall–Kier alpha value is -0.940. The van der Waals surface area contributed by atoms with Crippen molar-refractivity contribution in [3.63, 3.8) is 0 Å². The minimum absolute atomic E-state index is 0.0182. The van der Waals surface area contributed by atoms with Crippen LogP contribution < -0.4 is 11.1 Å². The van der Waals surface area contributed by atoms with Gasteiger partial charge in [0.1, 0.15) is 5.82 Å². The molecule has 0 heterocycles. The smallest absolute Gasteiger partial charge is 0.254 e. The van der Waals surface area contributed by atoms with Gasteiger partial charge in [0.2, 0.25) is 0 Å². The molecule has 0 aliphatic rings. The van der Waals surface area contributed by atoms with Gasteiger partial charge in [-0.15, -0.1) is 0 Å². The summed E-state index contributed by atoms with van der Waals surface area (Å²) in [7, 11) is 0. The van der Waals surface area contributed by atoms with Gasteiger partial charge >= 0.3 is 0 Å². The van der Waals surface area contributed by atoms with Gasteiger partial charge in [-0.1, -0.05) is 15.9 Å². The lowest BCUT2D eigenvalue weighted by Crippen LogP contribution is -2.38. The molecule has 1 amide bonds. The van der Waals surface area contributed by atoms with E-state index in [-0.39, 0.29) is 11.6 Å². The molecule has 0 saturated heterocycles. The zero-order valence-electron chi connectivity index (χ0n) is 8.26. The molecule has 1 rings (SSSR count). The first-order valence-electron chi connectivity index (χ1n) is 4.50. The van der Waals surface area contributed by atoms with E-state index >= 15 is 0 Å². The van der Waals surface area contributed by atoms with E-state index in [2.05, 4.69) is 21.2 Å². The van der Waals surface area contributed by atoms with Gasteiger partial charge in [0.15, 0.2) is 0 Å². The van der Waals surface area contributed by atoms with E-state index in [4.69, 9.17) is 5.73 Å². The molecule has 0 unspecified atom stereocenters. The maximum Gasteiger partial charge on any atom is 0.254 e. The maximum absolute atomic E-state index is 13.3. The predicted molar refractivity (Wildman–Crippen MR) is 60.1 cm³/mol. The Morgan fingerprint density at radius 3 is 2.93 bits per heavy atom. The highest BCUT2D eigenvalue weighted by molar-refractivity contribution is 9.10. The molecular weight excluding hydrogens is 263 g/mol. The number of nitrogens with one attached hydrogen (secondary N) is 1. The van der Waals surface area contributed by atoms with Crippen LogP contribution in [0.3, 0.4) is 0 Å². The van der Waals surface area contributed by atoms with Crippen LogP contribution in [0.25, 0.3) is 0 Å². The second kappa shape index (κ2) is 5.23. The highest BCUT2D eigenvalue weighted by Crippen LogP contribution is 2.15. The summed E-state index contributed by atoms with van der Waals surface area (Å²) in [5.74, 6) is -0.994. The Bertz CT molecular complexity index is 370. The molecular formula is C10H12BrFN2O. The number of benzene rings is 1. The minimum Gasteiger partial charge on any atom is -0.348 e. The SMILES string of the molecule is C[C@@H](CN)NC(=O)c1cc(Br)ccc1F.